The molecule has 0 saturated carbocycles. The molecule has 0 atom stereocenters. The number of anilines is 1. The van der Waals surface area contributed by atoms with E-state index in [1.165, 1.54) is 12.1 Å². The van der Waals surface area contributed by atoms with Crippen LogP contribution in [-0.4, -0.2) is 40.1 Å². The molecule has 0 spiro atoms. The molecule has 0 radical (unpaired) electrons. The van der Waals surface area contributed by atoms with E-state index in [-0.39, 0.29) is 57.0 Å². The first-order valence-electron chi connectivity index (χ1n) is 10.5. The van der Waals surface area contributed by atoms with Gasteiger partial charge in [-0.3, -0.25) is 0 Å². The number of fused-ring (bicyclic) bond motifs is 1. The Labute approximate surface area is 209 Å². The van der Waals surface area contributed by atoms with Crippen LogP contribution in [0.1, 0.15) is 31.2 Å². The lowest BCUT2D eigenvalue weighted by Gasteiger charge is -2.11. The lowest BCUT2D eigenvalue weighted by Crippen LogP contribution is -2.18. The van der Waals surface area contributed by atoms with E-state index >= 15 is 0 Å². The molecule has 0 aliphatic carbocycles. The molecular formula is C24H32Br2N2O4. The monoisotopic (exact) mass is 570 g/mol. The van der Waals surface area contributed by atoms with Gasteiger partial charge in [0.25, 0.3) is 0 Å². The second-order valence-electron chi connectivity index (χ2n) is 7.50. The van der Waals surface area contributed by atoms with Crippen molar-refractivity contribution in [3.63, 3.8) is 0 Å². The minimum absolute atomic E-state index is 0. The summed E-state index contributed by atoms with van der Waals surface area (Å²) in [6, 6.07) is 13.9. The number of phenolic OH excluding ortho intramolecular Hbond substituents is 4. The number of aromatic hydroxyl groups is 4. The molecule has 3 aromatic carbocycles. The van der Waals surface area contributed by atoms with Crippen molar-refractivity contribution in [2.24, 2.45) is 0 Å². The summed E-state index contributed by atoms with van der Waals surface area (Å²) in [5.74, 6) is -0.334. The van der Waals surface area contributed by atoms with Gasteiger partial charge in [-0.1, -0.05) is 31.0 Å². The Bertz CT molecular complexity index is 986. The standard InChI is InChI=1S/C24H30N2O4.2BrH/c27-21-10-8-17(16-23(21)29)12-15-25-13-3-1-2-4-14-26-20-7-5-6-19-18(20)9-11-22(28)24(19)30;;/h5-11,16,25-30H,1-4,12-15H2;2*1H. The summed E-state index contributed by atoms with van der Waals surface area (Å²) in [5.41, 5.74) is 1.96. The van der Waals surface area contributed by atoms with Gasteiger partial charge >= 0.3 is 0 Å². The molecule has 0 aliphatic heterocycles. The smallest absolute Gasteiger partial charge is 0.165 e. The van der Waals surface area contributed by atoms with E-state index < -0.39 is 0 Å². The molecule has 0 unspecified atom stereocenters. The Morgan fingerprint density at radius 1 is 0.625 bits per heavy atom. The number of hydrogen-bond donors (Lipinski definition) is 6. The number of unbranched alkanes of at least 4 members (excludes halogenated alkanes) is 3. The maximum absolute atomic E-state index is 10.00. The maximum atomic E-state index is 10.00. The highest BCUT2D eigenvalue weighted by Gasteiger charge is 2.07. The molecule has 0 fully saturated rings. The number of benzene rings is 3. The molecule has 6 nitrogen and oxygen atoms in total. The number of halogens is 2. The normalized spacial score (nSPS) is 10.4. The summed E-state index contributed by atoms with van der Waals surface area (Å²) in [5, 5.41) is 46.8. The molecule has 8 heteroatoms. The van der Waals surface area contributed by atoms with Gasteiger partial charge < -0.3 is 31.1 Å². The van der Waals surface area contributed by atoms with Gasteiger partial charge in [0.05, 0.1) is 0 Å². The highest BCUT2D eigenvalue weighted by atomic mass is 79.9. The Morgan fingerprint density at radius 2 is 1.34 bits per heavy atom. The van der Waals surface area contributed by atoms with E-state index in [1.807, 2.05) is 24.3 Å². The number of phenols is 4. The molecule has 0 saturated heterocycles. The van der Waals surface area contributed by atoms with Crippen molar-refractivity contribution in [1.29, 1.82) is 0 Å². The van der Waals surface area contributed by atoms with E-state index in [1.54, 1.807) is 12.1 Å². The quantitative estimate of drug-likeness (QED) is 0.132. The van der Waals surface area contributed by atoms with E-state index in [2.05, 4.69) is 10.6 Å². The summed E-state index contributed by atoms with van der Waals surface area (Å²) >= 11 is 0. The average molecular weight is 572 g/mol. The molecule has 0 bridgehead atoms. The van der Waals surface area contributed by atoms with Crippen molar-refractivity contribution in [1.82, 2.24) is 5.32 Å². The predicted octanol–water partition coefficient (Wildman–Crippen LogP) is 5.62. The van der Waals surface area contributed by atoms with Crippen molar-refractivity contribution in [3.8, 4) is 23.0 Å². The zero-order valence-electron chi connectivity index (χ0n) is 17.9. The van der Waals surface area contributed by atoms with E-state index in [4.69, 9.17) is 0 Å². The average Bonchev–Trinajstić information content (AvgIpc) is 2.74. The molecule has 3 rings (SSSR count). The second kappa shape index (κ2) is 14.1. The maximum Gasteiger partial charge on any atom is 0.165 e. The Hall–Kier alpha value is -2.16. The van der Waals surface area contributed by atoms with Crippen molar-refractivity contribution in [3.05, 3.63) is 54.1 Å². The predicted molar refractivity (Wildman–Crippen MR) is 141 cm³/mol. The summed E-state index contributed by atoms with van der Waals surface area (Å²) in [4.78, 5) is 0. The second-order valence-corrected chi connectivity index (χ2v) is 7.50. The lowest BCUT2D eigenvalue weighted by molar-refractivity contribution is 0.403. The molecule has 0 heterocycles. The zero-order chi connectivity index (χ0) is 21.3. The fourth-order valence-electron chi connectivity index (χ4n) is 3.52. The minimum Gasteiger partial charge on any atom is -0.504 e. The number of hydrogen-bond acceptors (Lipinski definition) is 6. The van der Waals surface area contributed by atoms with Gasteiger partial charge in [0.2, 0.25) is 0 Å². The Morgan fingerprint density at radius 3 is 2.09 bits per heavy atom. The summed E-state index contributed by atoms with van der Waals surface area (Å²) in [6.45, 7) is 2.66. The summed E-state index contributed by atoms with van der Waals surface area (Å²) in [6.07, 6.45) is 5.28. The molecule has 3 aromatic rings. The van der Waals surface area contributed by atoms with Crippen LogP contribution in [-0.2, 0) is 6.42 Å². The van der Waals surface area contributed by atoms with Gasteiger partial charge in [0.15, 0.2) is 23.0 Å². The van der Waals surface area contributed by atoms with E-state index in [0.29, 0.717) is 5.39 Å². The lowest BCUT2D eigenvalue weighted by atomic mass is 10.1. The highest BCUT2D eigenvalue weighted by molar-refractivity contribution is 8.93. The Balaban J connectivity index is 0.00000256. The van der Waals surface area contributed by atoms with Crippen LogP contribution < -0.4 is 10.6 Å². The topological polar surface area (TPSA) is 105 Å². The molecule has 6 N–H and O–H groups in total. The summed E-state index contributed by atoms with van der Waals surface area (Å²) in [7, 11) is 0. The fraction of sp³-hybridized carbons (Fsp3) is 0.333. The minimum atomic E-state index is -0.102. The number of rotatable bonds is 11. The molecule has 32 heavy (non-hydrogen) atoms. The van der Waals surface area contributed by atoms with Gasteiger partial charge in [0.1, 0.15) is 0 Å². The molecule has 176 valence electrons. The van der Waals surface area contributed by atoms with Crippen LogP contribution in [0.25, 0.3) is 10.8 Å². The first-order chi connectivity index (χ1) is 14.6. The third-order valence-corrected chi connectivity index (χ3v) is 5.24. The largest absolute Gasteiger partial charge is 0.504 e. The van der Waals surface area contributed by atoms with Crippen molar-refractivity contribution < 1.29 is 20.4 Å². The molecular weight excluding hydrogens is 540 g/mol. The third-order valence-electron chi connectivity index (χ3n) is 5.24. The van der Waals surface area contributed by atoms with Crippen LogP contribution in [0.4, 0.5) is 5.69 Å². The van der Waals surface area contributed by atoms with Gasteiger partial charge in [-0.25, -0.2) is 0 Å². The SMILES string of the molecule is Br.Br.Oc1ccc(CCNCCCCCCNc2cccc3c(O)c(O)ccc23)cc1O. The first-order valence-corrected chi connectivity index (χ1v) is 10.5. The van der Waals surface area contributed by atoms with Crippen LogP contribution in [0.15, 0.2) is 48.5 Å². The third kappa shape index (κ3) is 7.76. The highest BCUT2D eigenvalue weighted by Crippen LogP contribution is 2.36. The van der Waals surface area contributed by atoms with Gasteiger partial charge in [0, 0.05) is 23.0 Å². The molecule has 0 amide bonds. The molecule has 0 aliphatic rings. The van der Waals surface area contributed by atoms with Gasteiger partial charge in [-0.2, -0.15) is 0 Å². The Kier molecular flexibility index (Phi) is 12.3. The zero-order valence-corrected chi connectivity index (χ0v) is 21.3. The van der Waals surface area contributed by atoms with Crippen LogP contribution in [0.3, 0.4) is 0 Å². The van der Waals surface area contributed by atoms with Crippen molar-refractivity contribution in [2.45, 2.75) is 32.1 Å². The van der Waals surface area contributed by atoms with Crippen LogP contribution in [0.5, 0.6) is 23.0 Å². The van der Waals surface area contributed by atoms with E-state index in [0.717, 1.165) is 68.4 Å². The van der Waals surface area contributed by atoms with Crippen LogP contribution in [0.2, 0.25) is 0 Å². The fourth-order valence-corrected chi connectivity index (χ4v) is 3.52. The van der Waals surface area contributed by atoms with Crippen LogP contribution >= 0.6 is 34.0 Å². The molecule has 0 aromatic heterocycles. The van der Waals surface area contributed by atoms with E-state index in [9.17, 15) is 20.4 Å². The van der Waals surface area contributed by atoms with Gasteiger partial charge in [-0.15, -0.1) is 34.0 Å². The first kappa shape index (κ1) is 27.9. The van der Waals surface area contributed by atoms with Crippen molar-refractivity contribution >= 4 is 50.4 Å². The van der Waals surface area contributed by atoms with Crippen molar-refractivity contribution in [2.75, 3.05) is 25.0 Å². The van der Waals surface area contributed by atoms with Crippen LogP contribution in [0, 0.1) is 0 Å². The summed E-state index contributed by atoms with van der Waals surface area (Å²) < 4.78 is 0. The van der Waals surface area contributed by atoms with Gasteiger partial charge in [-0.05, 0) is 68.2 Å². The number of nitrogens with one attached hydrogen (secondary N) is 2.